The molecule has 2 amide bonds. The number of nitrogens with one attached hydrogen (secondary N) is 1. The Morgan fingerprint density at radius 2 is 1.95 bits per heavy atom. The number of piperidine rings is 1. The van der Waals surface area contributed by atoms with E-state index < -0.39 is 0 Å². The largest absolute Gasteiger partial charge is 0.334 e. The molecule has 4 nitrogen and oxygen atoms in total. The highest BCUT2D eigenvalue weighted by atomic mass is 32.2. The Hall–Kier alpha value is -0.420. The van der Waals surface area contributed by atoms with Gasteiger partial charge < -0.3 is 15.1 Å². The van der Waals surface area contributed by atoms with E-state index in [1.165, 1.54) is 25.3 Å². The van der Waals surface area contributed by atoms with Gasteiger partial charge in [0.25, 0.3) is 0 Å². The van der Waals surface area contributed by atoms with Gasteiger partial charge in [-0.25, -0.2) is 4.79 Å². The second-order valence-electron chi connectivity index (χ2n) is 6.97. The molecule has 3 atom stereocenters. The van der Waals surface area contributed by atoms with E-state index in [4.69, 9.17) is 0 Å². The highest BCUT2D eigenvalue weighted by molar-refractivity contribution is 7.99. The van der Waals surface area contributed by atoms with Gasteiger partial charge in [0.05, 0.1) is 0 Å². The molecule has 2 fully saturated rings. The van der Waals surface area contributed by atoms with Crippen molar-refractivity contribution < 1.29 is 4.79 Å². The average Bonchev–Trinajstić information content (AvgIpc) is 2.65. The fourth-order valence-corrected chi connectivity index (χ4v) is 4.51. The average molecular weight is 314 g/mol. The van der Waals surface area contributed by atoms with Crippen LogP contribution >= 0.6 is 11.8 Å². The fraction of sp³-hybridized carbons (Fsp3) is 0.938. The van der Waals surface area contributed by atoms with Gasteiger partial charge in [0, 0.05) is 44.5 Å². The SMILES string of the molecule is C[C@@H]1C[C@@H](C)CN(C[C@H](C)NC(=O)N2CCCSCC2)C1. The smallest absolute Gasteiger partial charge is 0.317 e. The molecular formula is C16H31N3OS. The number of nitrogens with zero attached hydrogens (tertiary/aromatic N) is 2. The molecule has 0 unspecified atom stereocenters. The summed E-state index contributed by atoms with van der Waals surface area (Å²) >= 11 is 1.95. The highest BCUT2D eigenvalue weighted by Gasteiger charge is 2.24. The van der Waals surface area contributed by atoms with E-state index in [0.717, 1.165) is 43.6 Å². The van der Waals surface area contributed by atoms with Crippen LogP contribution < -0.4 is 5.32 Å². The Morgan fingerprint density at radius 3 is 2.67 bits per heavy atom. The van der Waals surface area contributed by atoms with Crippen LogP contribution in [0.4, 0.5) is 4.79 Å². The van der Waals surface area contributed by atoms with Gasteiger partial charge in [-0.1, -0.05) is 13.8 Å². The van der Waals surface area contributed by atoms with Gasteiger partial charge in [0.15, 0.2) is 0 Å². The standard InChI is InChI=1S/C16H31N3OS/c1-13-9-14(2)11-18(10-13)12-15(3)17-16(20)19-5-4-7-21-8-6-19/h13-15H,4-12H2,1-3H3,(H,17,20)/t13-,14-,15+/m1/s1. The maximum absolute atomic E-state index is 12.3. The molecule has 0 aliphatic carbocycles. The second-order valence-corrected chi connectivity index (χ2v) is 8.19. The van der Waals surface area contributed by atoms with Crippen molar-refractivity contribution in [2.45, 2.75) is 39.7 Å². The van der Waals surface area contributed by atoms with Gasteiger partial charge in [-0.3, -0.25) is 0 Å². The Bertz CT molecular complexity index is 321. The Balaban J connectivity index is 1.75. The third-order valence-corrected chi connectivity index (χ3v) is 5.40. The maximum Gasteiger partial charge on any atom is 0.317 e. The van der Waals surface area contributed by atoms with Crippen molar-refractivity contribution in [2.24, 2.45) is 11.8 Å². The Morgan fingerprint density at radius 1 is 1.24 bits per heavy atom. The molecule has 2 heterocycles. The summed E-state index contributed by atoms with van der Waals surface area (Å²) in [5.41, 5.74) is 0. The lowest BCUT2D eigenvalue weighted by Crippen LogP contribution is -2.50. The normalized spacial score (nSPS) is 29.8. The first kappa shape index (κ1) is 16.9. The van der Waals surface area contributed by atoms with Crippen LogP contribution in [-0.2, 0) is 0 Å². The zero-order chi connectivity index (χ0) is 15.2. The summed E-state index contributed by atoms with van der Waals surface area (Å²) in [6, 6.07) is 0.356. The molecule has 21 heavy (non-hydrogen) atoms. The number of urea groups is 1. The van der Waals surface area contributed by atoms with Crippen molar-refractivity contribution in [2.75, 3.05) is 44.2 Å². The molecule has 0 aromatic rings. The third-order valence-electron chi connectivity index (χ3n) is 4.36. The third kappa shape index (κ3) is 5.70. The minimum atomic E-state index is 0.128. The van der Waals surface area contributed by atoms with E-state index in [1.54, 1.807) is 0 Å². The summed E-state index contributed by atoms with van der Waals surface area (Å²) in [4.78, 5) is 16.8. The Labute approximate surface area is 134 Å². The maximum atomic E-state index is 12.3. The van der Waals surface area contributed by atoms with Gasteiger partial charge in [0.2, 0.25) is 0 Å². The lowest BCUT2D eigenvalue weighted by molar-refractivity contribution is 0.129. The molecule has 0 radical (unpaired) electrons. The topological polar surface area (TPSA) is 35.6 Å². The van der Waals surface area contributed by atoms with E-state index in [1.807, 2.05) is 16.7 Å². The van der Waals surface area contributed by atoms with Crippen LogP contribution in [0.25, 0.3) is 0 Å². The summed E-state index contributed by atoms with van der Waals surface area (Å²) < 4.78 is 0. The van der Waals surface area contributed by atoms with Gasteiger partial charge in [0.1, 0.15) is 0 Å². The van der Waals surface area contributed by atoms with Crippen molar-refractivity contribution >= 4 is 17.8 Å². The van der Waals surface area contributed by atoms with Crippen molar-refractivity contribution in [1.82, 2.24) is 15.1 Å². The number of hydrogen-bond donors (Lipinski definition) is 1. The molecule has 0 saturated carbocycles. The van der Waals surface area contributed by atoms with E-state index in [9.17, 15) is 4.79 Å². The van der Waals surface area contributed by atoms with Gasteiger partial charge >= 0.3 is 6.03 Å². The van der Waals surface area contributed by atoms with Crippen LogP contribution in [0.3, 0.4) is 0 Å². The van der Waals surface area contributed by atoms with Crippen molar-refractivity contribution in [3.8, 4) is 0 Å². The molecule has 0 aromatic carbocycles. The van der Waals surface area contributed by atoms with E-state index in [2.05, 4.69) is 31.0 Å². The first-order valence-corrected chi connectivity index (χ1v) is 9.55. The summed E-state index contributed by atoms with van der Waals surface area (Å²) in [5, 5.41) is 3.19. The summed E-state index contributed by atoms with van der Waals surface area (Å²) in [6.07, 6.45) is 2.45. The molecule has 2 saturated heterocycles. The van der Waals surface area contributed by atoms with Crippen molar-refractivity contribution in [3.63, 3.8) is 0 Å². The molecule has 0 bridgehead atoms. The molecule has 2 rings (SSSR count). The molecule has 2 aliphatic rings. The van der Waals surface area contributed by atoms with Crippen LogP contribution in [0.5, 0.6) is 0 Å². The van der Waals surface area contributed by atoms with Crippen LogP contribution in [0.2, 0.25) is 0 Å². The van der Waals surface area contributed by atoms with Crippen molar-refractivity contribution in [3.05, 3.63) is 0 Å². The van der Waals surface area contributed by atoms with Crippen LogP contribution in [0.15, 0.2) is 0 Å². The predicted octanol–water partition coefficient (Wildman–Crippen LogP) is 2.50. The molecule has 0 aromatic heterocycles. The Kier molecular flexibility index (Phi) is 6.68. The minimum absolute atomic E-state index is 0.128. The lowest BCUT2D eigenvalue weighted by atomic mass is 9.92. The molecule has 0 spiro atoms. The fourth-order valence-electron chi connectivity index (χ4n) is 3.63. The number of thioether (sulfide) groups is 1. The second kappa shape index (κ2) is 8.28. The van der Waals surface area contributed by atoms with E-state index in [0.29, 0.717) is 0 Å². The first-order chi connectivity index (χ1) is 10.0. The number of amides is 2. The highest BCUT2D eigenvalue weighted by Crippen LogP contribution is 2.20. The summed E-state index contributed by atoms with van der Waals surface area (Å²) in [6.45, 7) is 11.9. The molecule has 2 aliphatic heterocycles. The summed E-state index contributed by atoms with van der Waals surface area (Å²) in [7, 11) is 0. The lowest BCUT2D eigenvalue weighted by Gasteiger charge is -2.36. The molecule has 1 N–H and O–H groups in total. The minimum Gasteiger partial charge on any atom is -0.334 e. The van der Waals surface area contributed by atoms with Gasteiger partial charge in [-0.05, 0) is 37.4 Å². The number of likely N-dealkylation sites (tertiary alicyclic amines) is 1. The monoisotopic (exact) mass is 313 g/mol. The van der Waals surface area contributed by atoms with E-state index in [-0.39, 0.29) is 12.1 Å². The quantitative estimate of drug-likeness (QED) is 0.869. The van der Waals surface area contributed by atoms with Crippen LogP contribution in [0.1, 0.15) is 33.6 Å². The summed E-state index contributed by atoms with van der Waals surface area (Å²) in [5.74, 6) is 3.81. The molecular weight excluding hydrogens is 282 g/mol. The van der Waals surface area contributed by atoms with Crippen LogP contribution in [-0.4, -0.2) is 66.1 Å². The number of rotatable bonds is 3. The molecule has 122 valence electrons. The van der Waals surface area contributed by atoms with Gasteiger partial charge in [-0.15, -0.1) is 0 Å². The van der Waals surface area contributed by atoms with Crippen molar-refractivity contribution in [1.29, 1.82) is 0 Å². The number of hydrogen-bond acceptors (Lipinski definition) is 3. The molecule has 5 heteroatoms. The number of carbonyl (C=O) groups is 1. The predicted molar refractivity (Wildman–Crippen MR) is 90.9 cm³/mol. The van der Waals surface area contributed by atoms with Crippen LogP contribution in [0, 0.1) is 11.8 Å². The zero-order valence-corrected chi connectivity index (χ0v) is 14.6. The number of carbonyl (C=O) groups excluding carboxylic acids is 1. The first-order valence-electron chi connectivity index (χ1n) is 8.40. The van der Waals surface area contributed by atoms with Gasteiger partial charge in [-0.2, -0.15) is 11.8 Å². The zero-order valence-electron chi connectivity index (χ0n) is 13.8. The van der Waals surface area contributed by atoms with E-state index >= 15 is 0 Å².